The number of rotatable bonds is 6. The van der Waals surface area contributed by atoms with Crippen LogP contribution in [0.15, 0.2) is 23.1 Å². The van der Waals surface area contributed by atoms with Gasteiger partial charge in [-0.3, -0.25) is 0 Å². The van der Waals surface area contributed by atoms with Crippen molar-refractivity contribution in [3.05, 3.63) is 23.8 Å². The standard InChI is InChI=1S/C9H13N3O6S2/c10-6-1-2-7(9(13)14)8(5-6)20(17,18)12-3-4-19(11,15)16/h1-2,5,12H,3-4,10H2,(H,13,14)(H2,11,15,16). The summed E-state index contributed by atoms with van der Waals surface area (Å²) >= 11 is 0. The second kappa shape index (κ2) is 5.75. The molecule has 0 aliphatic rings. The molecule has 0 aliphatic carbocycles. The molecule has 0 atom stereocenters. The summed E-state index contributed by atoms with van der Waals surface area (Å²) in [6.07, 6.45) is 0. The normalized spacial score (nSPS) is 12.2. The summed E-state index contributed by atoms with van der Waals surface area (Å²) in [5, 5.41) is 13.7. The van der Waals surface area contributed by atoms with Gasteiger partial charge < -0.3 is 10.8 Å². The lowest BCUT2D eigenvalue weighted by Gasteiger charge is -2.09. The van der Waals surface area contributed by atoms with Crippen molar-refractivity contribution >= 4 is 31.7 Å². The number of carboxylic acid groups (broad SMARTS) is 1. The fourth-order valence-electron chi connectivity index (χ4n) is 1.33. The molecular weight excluding hydrogens is 310 g/mol. The van der Waals surface area contributed by atoms with Gasteiger partial charge in [0.05, 0.1) is 16.2 Å². The van der Waals surface area contributed by atoms with Crippen molar-refractivity contribution in [2.45, 2.75) is 4.90 Å². The summed E-state index contributed by atoms with van der Waals surface area (Å²) in [6, 6.07) is 3.27. The number of anilines is 1. The quantitative estimate of drug-likeness (QED) is 0.463. The summed E-state index contributed by atoms with van der Waals surface area (Å²) in [5.41, 5.74) is 5.01. The Hall–Kier alpha value is -1.69. The van der Waals surface area contributed by atoms with Gasteiger partial charge in [0.2, 0.25) is 20.0 Å². The van der Waals surface area contributed by atoms with Crippen LogP contribution in [0.25, 0.3) is 0 Å². The molecule has 0 unspecified atom stereocenters. The summed E-state index contributed by atoms with van der Waals surface area (Å²) in [7, 11) is -8.04. The number of sulfonamides is 2. The molecule has 112 valence electrons. The maximum Gasteiger partial charge on any atom is 0.337 e. The number of hydrogen-bond donors (Lipinski definition) is 4. The molecule has 0 saturated carbocycles. The summed E-state index contributed by atoms with van der Waals surface area (Å²) in [5.74, 6) is -2.06. The van der Waals surface area contributed by atoms with Crippen LogP contribution in [0.5, 0.6) is 0 Å². The number of nitrogens with two attached hydrogens (primary N) is 2. The van der Waals surface area contributed by atoms with Crippen molar-refractivity contribution in [1.29, 1.82) is 0 Å². The molecule has 0 heterocycles. The van der Waals surface area contributed by atoms with Gasteiger partial charge in [0.1, 0.15) is 0 Å². The first-order valence-corrected chi connectivity index (χ1v) is 8.36. The number of carbonyl (C=O) groups is 1. The summed E-state index contributed by atoms with van der Waals surface area (Å²) in [4.78, 5) is 10.4. The van der Waals surface area contributed by atoms with Gasteiger partial charge in [-0.2, -0.15) is 0 Å². The lowest BCUT2D eigenvalue weighted by Crippen LogP contribution is -2.32. The van der Waals surface area contributed by atoms with E-state index in [4.69, 9.17) is 16.0 Å². The molecule has 0 saturated heterocycles. The van der Waals surface area contributed by atoms with Crippen LogP contribution in [0.3, 0.4) is 0 Å². The van der Waals surface area contributed by atoms with Crippen LogP contribution < -0.4 is 15.6 Å². The van der Waals surface area contributed by atoms with Crippen LogP contribution in [-0.4, -0.2) is 40.2 Å². The Kier molecular flexibility index (Phi) is 4.70. The Balaban J connectivity index is 3.09. The van der Waals surface area contributed by atoms with E-state index in [1.165, 1.54) is 6.07 Å². The van der Waals surface area contributed by atoms with Crippen LogP contribution in [0.1, 0.15) is 10.4 Å². The van der Waals surface area contributed by atoms with Gasteiger partial charge in [-0.25, -0.2) is 31.5 Å². The number of nitrogens with one attached hydrogen (secondary N) is 1. The lowest BCUT2D eigenvalue weighted by atomic mass is 10.2. The predicted molar refractivity (Wildman–Crippen MR) is 71.0 cm³/mol. The molecule has 1 aromatic rings. The Bertz CT molecular complexity index is 726. The third-order valence-corrected chi connectivity index (χ3v) is 4.48. The topological polar surface area (TPSA) is 170 Å². The van der Waals surface area contributed by atoms with Gasteiger partial charge >= 0.3 is 5.97 Å². The van der Waals surface area contributed by atoms with Crippen LogP contribution in [0.2, 0.25) is 0 Å². The minimum absolute atomic E-state index is 0.0572. The number of carboxylic acids is 1. The Morgan fingerprint density at radius 3 is 2.35 bits per heavy atom. The van der Waals surface area contributed by atoms with Gasteiger partial charge in [-0.05, 0) is 18.2 Å². The van der Waals surface area contributed by atoms with E-state index in [0.29, 0.717) is 0 Å². The molecule has 1 rings (SSSR count). The van der Waals surface area contributed by atoms with Gasteiger partial charge in [-0.1, -0.05) is 0 Å². The van der Waals surface area contributed by atoms with E-state index in [-0.39, 0.29) is 5.69 Å². The van der Waals surface area contributed by atoms with Crippen LogP contribution >= 0.6 is 0 Å². The first-order valence-electron chi connectivity index (χ1n) is 5.16. The average Bonchev–Trinajstić information content (AvgIpc) is 2.26. The zero-order valence-electron chi connectivity index (χ0n) is 10.1. The number of hydrogen-bond acceptors (Lipinski definition) is 6. The number of aromatic carboxylic acids is 1. The van der Waals surface area contributed by atoms with Crippen molar-refractivity contribution in [3.8, 4) is 0 Å². The molecule has 9 nitrogen and oxygen atoms in total. The van der Waals surface area contributed by atoms with Gasteiger partial charge in [0.15, 0.2) is 0 Å². The molecule has 11 heteroatoms. The van der Waals surface area contributed by atoms with E-state index < -0.39 is 48.8 Å². The van der Waals surface area contributed by atoms with E-state index in [1.807, 2.05) is 4.72 Å². The molecular formula is C9H13N3O6S2. The smallest absolute Gasteiger partial charge is 0.337 e. The first kappa shape index (κ1) is 16.4. The highest BCUT2D eigenvalue weighted by Crippen LogP contribution is 2.19. The van der Waals surface area contributed by atoms with E-state index in [1.54, 1.807) is 0 Å². The Labute approximate surface area is 115 Å². The first-order chi connectivity index (χ1) is 9.03. The van der Waals surface area contributed by atoms with E-state index >= 15 is 0 Å². The molecule has 0 bridgehead atoms. The van der Waals surface area contributed by atoms with Crippen molar-refractivity contribution in [3.63, 3.8) is 0 Å². The minimum atomic E-state index is -4.21. The second-order valence-electron chi connectivity index (χ2n) is 3.83. The van der Waals surface area contributed by atoms with Crippen LogP contribution in [0.4, 0.5) is 5.69 Å². The largest absolute Gasteiger partial charge is 0.478 e. The number of benzene rings is 1. The summed E-state index contributed by atoms with van der Waals surface area (Å²) in [6.45, 7) is -0.477. The molecule has 0 aromatic heterocycles. The molecule has 20 heavy (non-hydrogen) atoms. The van der Waals surface area contributed by atoms with Gasteiger partial charge in [-0.15, -0.1) is 0 Å². The number of primary sulfonamides is 1. The Morgan fingerprint density at radius 2 is 1.85 bits per heavy atom. The molecule has 0 aliphatic heterocycles. The second-order valence-corrected chi connectivity index (χ2v) is 7.29. The van der Waals surface area contributed by atoms with Crippen molar-refractivity contribution < 1.29 is 26.7 Å². The zero-order valence-corrected chi connectivity index (χ0v) is 11.7. The van der Waals surface area contributed by atoms with E-state index in [9.17, 15) is 21.6 Å². The van der Waals surface area contributed by atoms with Crippen LogP contribution in [-0.2, 0) is 20.0 Å². The predicted octanol–water partition coefficient (Wildman–Crippen LogP) is -1.47. The maximum absolute atomic E-state index is 11.9. The van der Waals surface area contributed by atoms with E-state index in [0.717, 1.165) is 12.1 Å². The third kappa shape index (κ3) is 4.45. The molecule has 0 amide bonds. The highest BCUT2D eigenvalue weighted by Gasteiger charge is 2.22. The monoisotopic (exact) mass is 323 g/mol. The van der Waals surface area contributed by atoms with Crippen molar-refractivity contribution in [1.82, 2.24) is 4.72 Å². The maximum atomic E-state index is 11.9. The summed E-state index contributed by atoms with van der Waals surface area (Å²) < 4.78 is 47.2. The molecule has 0 radical (unpaired) electrons. The lowest BCUT2D eigenvalue weighted by molar-refractivity contribution is 0.0692. The minimum Gasteiger partial charge on any atom is -0.478 e. The van der Waals surface area contributed by atoms with Gasteiger partial charge in [0, 0.05) is 12.2 Å². The molecule has 0 spiro atoms. The van der Waals surface area contributed by atoms with Crippen molar-refractivity contribution in [2.75, 3.05) is 18.0 Å². The average molecular weight is 323 g/mol. The molecule has 0 fully saturated rings. The van der Waals surface area contributed by atoms with Gasteiger partial charge in [0.25, 0.3) is 0 Å². The van der Waals surface area contributed by atoms with E-state index in [2.05, 4.69) is 0 Å². The molecule has 6 N–H and O–H groups in total. The third-order valence-electron chi connectivity index (χ3n) is 2.20. The SMILES string of the molecule is Nc1ccc(C(=O)O)c(S(=O)(=O)NCCS(N)(=O)=O)c1. The fraction of sp³-hybridized carbons (Fsp3) is 0.222. The van der Waals surface area contributed by atoms with Crippen LogP contribution in [0, 0.1) is 0 Å². The number of nitrogen functional groups attached to an aromatic ring is 1. The van der Waals surface area contributed by atoms with Crippen molar-refractivity contribution in [2.24, 2.45) is 5.14 Å². The Morgan fingerprint density at radius 1 is 1.25 bits per heavy atom. The highest BCUT2D eigenvalue weighted by atomic mass is 32.2. The highest BCUT2D eigenvalue weighted by molar-refractivity contribution is 7.90. The zero-order chi connectivity index (χ0) is 15.6. The molecule has 1 aromatic carbocycles. The fourth-order valence-corrected chi connectivity index (χ4v) is 3.11.